The molecule has 0 aliphatic carbocycles. The molecule has 7 heteroatoms. The first-order valence-corrected chi connectivity index (χ1v) is 10.6. The van der Waals surface area contributed by atoms with Crippen molar-refractivity contribution in [2.75, 3.05) is 26.2 Å². The summed E-state index contributed by atoms with van der Waals surface area (Å²) in [6, 6.07) is 0. The summed E-state index contributed by atoms with van der Waals surface area (Å²) < 4.78 is 0.186. The van der Waals surface area contributed by atoms with Gasteiger partial charge in [-0.05, 0) is 26.7 Å². The third kappa shape index (κ3) is 10.6. The van der Waals surface area contributed by atoms with Gasteiger partial charge in [0.1, 0.15) is 11.8 Å². The number of nitrogens with zero attached hydrogens (tertiary/aromatic N) is 1. The molecule has 0 aliphatic rings. The predicted molar refractivity (Wildman–Crippen MR) is 105 cm³/mol. The van der Waals surface area contributed by atoms with Gasteiger partial charge in [0.25, 0.3) is 0 Å². The van der Waals surface area contributed by atoms with Crippen LogP contribution in [0.4, 0.5) is 0 Å². The molecule has 0 spiro atoms. The van der Waals surface area contributed by atoms with Crippen molar-refractivity contribution >= 4 is 17.9 Å². The lowest BCUT2D eigenvalue weighted by atomic mass is 10.0. The summed E-state index contributed by atoms with van der Waals surface area (Å²) in [5, 5.41) is 30.1. The highest BCUT2D eigenvalue weighted by atomic mass is 16.4. The number of unbranched alkanes of at least 4 members (excludes halogenated alkanes) is 6. The largest absolute Gasteiger partial charge is 0.550 e. The minimum atomic E-state index is -1.19. The maximum Gasteiger partial charge on any atom is 0.311 e. The molecule has 0 rings (SSSR count). The fraction of sp³-hybridized carbons (Fsp3) is 0.857. The third-order valence-electron chi connectivity index (χ3n) is 5.46. The summed E-state index contributed by atoms with van der Waals surface area (Å²) in [6.45, 7) is 8.11. The molecule has 0 saturated heterocycles. The average Bonchev–Trinajstić information content (AvgIpc) is 2.60. The van der Waals surface area contributed by atoms with E-state index >= 15 is 0 Å². The molecule has 7 nitrogen and oxygen atoms in total. The van der Waals surface area contributed by atoms with Gasteiger partial charge < -0.3 is 24.6 Å². The Kier molecular flexibility index (Phi) is 12.7. The summed E-state index contributed by atoms with van der Waals surface area (Å²) in [7, 11) is 0. The predicted octanol–water partition coefficient (Wildman–Crippen LogP) is 2.38. The van der Waals surface area contributed by atoms with Crippen molar-refractivity contribution in [3.8, 4) is 0 Å². The lowest BCUT2D eigenvalue weighted by molar-refractivity contribution is -0.934. The van der Waals surface area contributed by atoms with E-state index in [0.29, 0.717) is 6.54 Å². The Bertz CT molecular complexity index is 438. The van der Waals surface area contributed by atoms with Crippen LogP contribution < -0.4 is 5.11 Å². The molecule has 2 N–H and O–H groups in total. The van der Waals surface area contributed by atoms with Crippen molar-refractivity contribution in [2.24, 2.45) is 17.8 Å². The van der Waals surface area contributed by atoms with Crippen LogP contribution in [0.3, 0.4) is 0 Å². The number of hydrogen-bond acceptors (Lipinski definition) is 4. The fourth-order valence-corrected chi connectivity index (χ4v) is 3.88. The van der Waals surface area contributed by atoms with Gasteiger partial charge in [0.2, 0.25) is 0 Å². The van der Waals surface area contributed by atoms with Crippen molar-refractivity contribution in [2.45, 2.75) is 72.6 Å². The Morgan fingerprint density at radius 1 is 0.750 bits per heavy atom. The summed E-state index contributed by atoms with van der Waals surface area (Å²) in [5.74, 6) is -5.23. The molecule has 0 heterocycles. The first kappa shape index (κ1) is 26.4. The quantitative estimate of drug-likeness (QED) is 0.286. The summed E-state index contributed by atoms with van der Waals surface area (Å²) >= 11 is 0. The highest BCUT2D eigenvalue weighted by molar-refractivity contribution is 5.70. The van der Waals surface area contributed by atoms with Crippen LogP contribution in [0.1, 0.15) is 72.6 Å². The minimum Gasteiger partial charge on any atom is -0.550 e. The van der Waals surface area contributed by atoms with Gasteiger partial charge >= 0.3 is 11.9 Å². The number of quaternary nitrogens is 1. The normalized spacial score (nSPS) is 16.7. The SMILES string of the molecule is CCCCCCCCC[N+](CC(C)C(=O)[O-])(CC(C)C(=O)O)CC(C)C(=O)O. The molecule has 0 aromatic heterocycles. The van der Waals surface area contributed by atoms with E-state index in [9.17, 15) is 29.7 Å². The molecule has 0 amide bonds. The standard InChI is InChI=1S/C21H39NO6/c1-5-6-7-8-9-10-11-12-22(13-16(2)19(23)24,14-17(3)20(25)26)15-18(4)21(27)28/h16-18H,5-15H2,1-4H3,(H2-,23,24,25,26,27,28). The second-order valence-corrected chi connectivity index (χ2v) is 8.43. The van der Waals surface area contributed by atoms with Crippen molar-refractivity contribution in [1.82, 2.24) is 0 Å². The number of carboxylic acid groups (broad SMARTS) is 3. The summed E-state index contributed by atoms with van der Waals surface area (Å²) in [5.41, 5.74) is 0. The fourth-order valence-electron chi connectivity index (χ4n) is 3.88. The molecule has 0 fully saturated rings. The molecule has 164 valence electrons. The molecule has 0 bridgehead atoms. The Labute approximate surface area is 169 Å². The zero-order valence-electron chi connectivity index (χ0n) is 18.0. The lowest BCUT2D eigenvalue weighted by Crippen LogP contribution is -2.58. The van der Waals surface area contributed by atoms with Crippen LogP contribution in [0.5, 0.6) is 0 Å². The van der Waals surface area contributed by atoms with Crippen molar-refractivity contribution in [1.29, 1.82) is 0 Å². The molecule has 28 heavy (non-hydrogen) atoms. The van der Waals surface area contributed by atoms with Gasteiger partial charge in [-0.3, -0.25) is 9.59 Å². The highest BCUT2D eigenvalue weighted by Gasteiger charge is 2.36. The van der Waals surface area contributed by atoms with E-state index in [4.69, 9.17) is 0 Å². The third-order valence-corrected chi connectivity index (χ3v) is 5.46. The van der Waals surface area contributed by atoms with E-state index in [1.54, 1.807) is 20.8 Å². The molecule has 3 unspecified atom stereocenters. The van der Waals surface area contributed by atoms with E-state index in [2.05, 4.69) is 6.92 Å². The van der Waals surface area contributed by atoms with Crippen LogP contribution in [0.2, 0.25) is 0 Å². The van der Waals surface area contributed by atoms with E-state index in [-0.39, 0.29) is 24.1 Å². The molecule has 0 aliphatic heterocycles. The van der Waals surface area contributed by atoms with Crippen LogP contribution in [-0.2, 0) is 14.4 Å². The number of aliphatic carboxylic acids is 3. The van der Waals surface area contributed by atoms with E-state index in [0.717, 1.165) is 25.7 Å². The first-order valence-electron chi connectivity index (χ1n) is 10.6. The Balaban J connectivity index is 5.28. The number of carboxylic acids is 3. The molecule has 0 aromatic carbocycles. The molecular weight excluding hydrogens is 362 g/mol. The van der Waals surface area contributed by atoms with Crippen LogP contribution in [0, 0.1) is 17.8 Å². The van der Waals surface area contributed by atoms with Crippen LogP contribution in [0.25, 0.3) is 0 Å². The topological polar surface area (TPSA) is 115 Å². The number of hydrogen-bond donors (Lipinski definition) is 2. The van der Waals surface area contributed by atoms with Crippen molar-refractivity contribution < 1.29 is 34.2 Å². The smallest absolute Gasteiger partial charge is 0.311 e. The number of carbonyl (C=O) groups is 3. The Hall–Kier alpha value is -1.63. The maximum atomic E-state index is 11.4. The Morgan fingerprint density at radius 3 is 1.54 bits per heavy atom. The molecular formula is C21H39NO6. The second kappa shape index (κ2) is 13.5. The summed E-state index contributed by atoms with van der Waals surface area (Å²) in [4.78, 5) is 34.2. The van der Waals surface area contributed by atoms with Crippen molar-refractivity contribution in [3.63, 3.8) is 0 Å². The molecule has 0 aromatic rings. The van der Waals surface area contributed by atoms with Crippen LogP contribution in [-0.4, -0.2) is 58.8 Å². The van der Waals surface area contributed by atoms with Gasteiger partial charge in [-0.2, -0.15) is 0 Å². The molecule has 0 radical (unpaired) electrons. The van der Waals surface area contributed by atoms with Gasteiger partial charge in [-0.1, -0.05) is 46.0 Å². The maximum absolute atomic E-state index is 11.4. The van der Waals surface area contributed by atoms with Crippen molar-refractivity contribution in [3.05, 3.63) is 0 Å². The molecule has 3 atom stereocenters. The van der Waals surface area contributed by atoms with Gasteiger partial charge in [0, 0.05) is 11.9 Å². The molecule has 0 saturated carbocycles. The van der Waals surface area contributed by atoms with Crippen LogP contribution in [0.15, 0.2) is 0 Å². The zero-order valence-corrected chi connectivity index (χ0v) is 18.0. The van der Waals surface area contributed by atoms with E-state index < -0.39 is 35.7 Å². The monoisotopic (exact) mass is 401 g/mol. The van der Waals surface area contributed by atoms with Gasteiger partial charge in [-0.25, -0.2) is 0 Å². The van der Waals surface area contributed by atoms with Gasteiger partial charge in [0.15, 0.2) is 0 Å². The Morgan fingerprint density at radius 2 is 1.14 bits per heavy atom. The average molecular weight is 402 g/mol. The summed E-state index contributed by atoms with van der Waals surface area (Å²) in [6.07, 6.45) is 7.64. The lowest BCUT2D eigenvalue weighted by Gasteiger charge is -2.43. The highest BCUT2D eigenvalue weighted by Crippen LogP contribution is 2.22. The number of carbonyl (C=O) groups excluding carboxylic acids is 1. The van der Waals surface area contributed by atoms with E-state index in [1.165, 1.54) is 19.3 Å². The van der Waals surface area contributed by atoms with Gasteiger partial charge in [-0.15, -0.1) is 0 Å². The second-order valence-electron chi connectivity index (χ2n) is 8.43. The van der Waals surface area contributed by atoms with Gasteiger partial charge in [0.05, 0.1) is 26.2 Å². The number of rotatable bonds is 17. The minimum absolute atomic E-state index is 0.186. The van der Waals surface area contributed by atoms with Crippen LogP contribution >= 0.6 is 0 Å². The zero-order chi connectivity index (χ0) is 21.7. The first-order chi connectivity index (χ1) is 13.0. The van der Waals surface area contributed by atoms with E-state index in [1.807, 2.05) is 0 Å².